The standard InChI is InChI=1S/C46H58N4O2/c51-45(47-35-17-13-31(14-18-35)25-27-49-41-21-22-42(49)38-6-2-1-5-37(38)41)29-33-9-11-34(12-10-33)30-46(52)48-36-19-15-32(16-20-36)26-28-50-43-23-24-44(50)40-8-4-3-7-39(40)43/h1-12,31-32,35-36,41-44H,13-30H2,(H,47,51)(H,48,52). The second kappa shape index (κ2) is 15.1. The van der Waals surface area contributed by atoms with Crippen molar-refractivity contribution in [2.24, 2.45) is 11.8 Å². The fourth-order valence-corrected chi connectivity index (χ4v) is 11.5. The summed E-state index contributed by atoms with van der Waals surface area (Å²) >= 11 is 0. The summed E-state index contributed by atoms with van der Waals surface area (Å²) in [6.45, 7) is 2.42. The fourth-order valence-electron chi connectivity index (χ4n) is 11.5. The molecule has 274 valence electrons. The van der Waals surface area contributed by atoms with Crippen LogP contribution in [0.15, 0.2) is 72.8 Å². The Morgan fingerprint density at radius 1 is 0.462 bits per heavy atom. The van der Waals surface area contributed by atoms with Gasteiger partial charge in [0.25, 0.3) is 0 Å². The molecule has 2 N–H and O–H groups in total. The largest absolute Gasteiger partial charge is 0.353 e. The summed E-state index contributed by atoms with van der Waals surface area (Å²) in [4.78, 5) is 31.5. The minimum absolute atomic E-state index is 0.119. The Labute approximate surface area is 311 Å². The van der Waals surface area contributed by atoms with E-state index in [0.717, 1.165) is 48.6 Å². The first kappa shape index (κ1) is 34.3. The highest BCUT2D eigenvalue weighted by Gasteiger charge is 2.44. The molecule has 3 aromatic rings. The number of benzene rings is 3. The maximum absolute atomic E-state index is 13.0. The van der Waals surface area contributed by atoms with Crippen LogP contribution in [0.5, 0.6) is 0 Å². The van der Waals surface area contributed by atoms with Crippen LogP contribution in [-0.4, -0.2) is 46.8 Å². The van der Waals surface area contributed by atoms with Gasteiger partial charge < -0.3 is 10.6 Å². The predicted molar refractivity (Wildman–Crippen MR) is 207 cm³/mol. The van der Waals surface area contributed by atoms with Crippen molar-refractivity contribution in [3.63, 3.8) is 0 Å². The number of rotatable bonds is 12. The van der Waals surface area contributed by atoms with E-state index in [2.05, 4.69) is 69.0 Å². The van der Waals surface area contributed by atoms with Gasteiger partial charge >= 0.3 is 0 Å². The van der Waals surface area contributed by atoms with Gasteiger partial charge in [0.1, 0.15) is 0 Å². The summed E-state index contributed by atoms with van der Waals surface area (Å²) in [5, 5.41) is 6.67. The Hall–Kier alpha value is -3.48. The molecule has 4 unspecified atom stereocenters. The summed E-state index contributed by atoms with van der Waals surface area (Å²) in [6.07, 6.45) is 17.9. The maximum Gasteiger partial charge on any atom is 0.224 e. The van der Waals surface area contributed by atoms with Gasteiger partial charge in [-0.05, 0) is 148 Å². The molecule has 9 rings (SSSR count). The third-order valence-electron chi connectivity index (χ3n) is 14.2. The first-order chi connectivity index (χ1) is 25.6. The van der Waals surface area contributed by atoms with Gasteiger partial charge in [-0.25, -0.2) is 0 Å². The summed E-state index contributed by atoms with van der Waals surface area (Å²) < 4.78 is 0. The summed E-state index contributed by atoms with van der Waals surface area (Å²) in [5.41, 5.74) is 8.34. The lowest BCUT2D eigenvalue weighted by molar-refractivity contribution is -0.122. The maximum atomic E-state index is 13.0. The summed E-state index contributed by atoms with van der Waals surface area (Å²) in [6, 6.07) is 29.5. The van der Waals surface area contributed by atoms with Crippen LogP contribution in [0.2, 0.25) is 0 Å². The molecule has 4 atom stereocenters. The monoisotopic (exact) mass is 698 g/mol. The molecule has 0 spiro atoms. The topological polar surface area (TPSA) is 64.7 Å². The number of fused-ring (bicyclic) bond motifs is 10. The lowest BCUT2D eigenvalue weighted by Crippen LogP contribution is -2.39. The number of hydrogen-bond donors (Lipinski definition) is 2. The van der Waals surface area contributed by atoms with Gasteiger partial charge in [-0.2, -0.15) is 0 Å². The Morgan fingerprint density at radius 2 is 0.788 bits per heavy atom. The highest BCUT2D eigenvalue weighted by molar-refractivity contribution is 5.80. The minimum Gasteiger partial charge on any atom is -0.353 e. The molecule has 2 aliphatic carbocycles. The van der Waals surface area contributed by atoms with Crippen molar-refractivity contribution in [3.8, 4) is 0 Å². The summed E-state index contributed by atoms with van der Waals surface area (Å²) in [5.74, 6) is 1.79. The molecule has 6 nitrogen and oxygen atoms in total. The van der Waals surface area contributed by atoms with Crippen LogP contribution in [0.3, 0.4) is 0 Å². The van der Waals surface area contributed by atoms with E-state index in [0.29, 0.717) is 49.1 Å². The molecule has 3 aromatic carbocycles. The fraction of sp³-hybridized carbons (Fsp3) is 0.565. The zero-order valence-corrected chi connectivity index (χ0v) is 31.0. The van der Waals surface area contributed by atoms with Crippen LogP contribution in [0, 0.1) is 11.8 Å². The number of nitrogens with zero attached hydrogens (tertiary/aromatic N) is 2. The van der Waals surface area contributed by atoms with Gasteiger partial charge in [0.2, 0.25) is 11.8 Å². The van der Waals surface area contributed by atoms with Crippen LogP contribution in [0.25, 0.3) is 0 Å². The Morgan fingerprint density at radius 3 is 1.12 bits per heavy atom. The number of carbonyl (C=O) groups is 2. The van der Waals surface area contributed by atoms with E-state index in [1.807, 2.05) is 24.3 Å². The number of amides is 2. The first-order valence-electron chi connectivity index (χ1n) is 20.9. The second-order valence-electron chi connectivity index (χ2n) is 17.3. The molecule has 0 aromatic heterocycles. The Kier molecular flexibility index (Phi) is 9.96. The van der Waals surface area contributed by atoms with Crippen LogP contribution in [-0.2, 0) is 22.4 Å². The van der Waals surface area contributed by atoms with Crippen LogP contribution >= 0.6 is 0 Å². The van der Waals surface area contributed by atoms with Crippen molar-refractivity contribution in [2.75, 3.05) is 13.1 Å². The number of carbonyl (C=O) groups excluding carboxylic acids is 2. The molecule has 4 aliphatic heterocycles. The normalized spacial score (nSPS) is 30.6. The van der Waals surface area contributed by atoms with E-state index >= 15 is 0 Å². The first-order valence-corrected chi connectivity index (χ1v) is 20.9. The van der Waals surface area contributed by atoms with Crippen molar-refractivity contribution in [2.45, 2.75) is 139 Å². The molecule has 4 fully saturated rings. The van der Waals surface area contributed by atoms with Crippen molar-refractivity contribution in [1.82, 2.24) is 20.4 Å². The minimum atomic E-state index is 0.119. The number of nitrogens with one attached hydrogen (secondary N) is 2. The SMILES string of the molecule is O=C(Cc1ccc(CC(=O)NC2CCC(CCN3C4CCC3c3ccccc34)CC2)cc1)NC1CCC(CCN2C3CCC2c2ccccc23)CC1. The number of hydrogen-bond acceptors (Lipinski definition) is 4. The Balaban J connectivity index is 0.648. The Bertz CT molecular complexity index is 1530. The molecule has 2 amide bonds. The van der Waals surface area contributed by atoms with Crippen molar-refractivity contribution >= 4 is 11.8 Å². The molecule has 6 aliphatic rings. The van der Waals surface area contributed by atoms with Gasteiger partial charge in [-0.15, -0.1) is 0 Å². The molecule has 2 saturated carbocycles. The van der Waals surface area contributed by atoms with Crippen molar-refractivity contribution in [1.29, 1.82) is 0 Å². The molecule has 2 saturated heterocycles. The van der Waals surface area contributed by atoms with Crippen LogP contribution in [0.1, 0.15) is 147 Å². The molecular weight excluding hydrogens is 641 g/mol. The molecule has 0 radical (unpaired) electrons. The van der Waals surface area contributed by atoms with Crippen LogP contribution in [0.4, 0.5) is 0 Å². The van der Waals surface area contributed by atoms with E-state index < -0.39 is 0 Å². The van der Waals surface area contributed by atoms with E-state index in [1.54, 1.807) is 22.3 Å². The molecule has 4 heterocycles. The van der Waals surface area contributed by atoms with E-state index in [1.165, 1.54) is 77.3 Å². The second-order valence-corrected chi connectivity index (χ2v) is 17.3. The van der Waals surface area contributed by atoms with Gasteiger partial charge in [0, 0.05) is 36.3 Å². The highest BCUT2D eigenvalue weighted by Crippen LogP contribution is 2.54. The smallest absolute Gasteiger partial charge is 0.224 e. The zero-order valence-electron chi connectivity index (χ0n) is 31.0. The zero-order chi connectivity index (χ0) is 35.0. The van der Waals surface area contributed by atoms with Gasteiger partial charge in [0.05, 0.1) is 12.8 Å². The van der Waals surface area contributed by atoms with Crippen molar-refractivity contribution < 1.29 is 9.59 Å². The molecular formula is C46H58N4O2. The summed E-state index contributed by atoms with van der Waals surface area (Å²) in [7, 11) is 0. The average Bonchev–Trinajstić information content (AvgIpc) is 3.93. The van der Waals surface area contributed by atoms with E-state index in [4.69, 9.17) is 0 Å². The average molecular weight is 699 g/mol. The third kappa shape index (κ3) is 7.10. The molecule has 52 heavy (non-hydrogen) atoms. The molecule has 6 heteroatoms. The predicted octanol–water partition coefficient (Wildman–Crippen LogP) is 8.69. The molecule has 4 bridgehead atoms. The van der Waals surface area contributed by atoms with Crippen molar-refractivity contribution in [3.05, 3.63) is 106 Å². The highest BCUT2D eigenvalue weighted by atomic mass is 16.2. The van der Waals surface area contributed by atoms with Gasteiger partial charge in [0.15, 0.2) is 0 Å². The van der Waals surface area contributed by atoms with E-state index in [9.17, 15) is 9.59 Å². The van der Waals surface area contributed by atoms with Gasteiger partial charge in [-0.3, -0.25) is 19.4 Å². The third-order valence-corrected chi connectivity index (χ3v) is 14.2. The van der Waals surface area contributed by atoms with E-state index in [-0.39, 0.29) is 11.8 Å². The lowest BCUT2D eigenvalue weighted by atomic mass is 9.84. The van der Waals surface area contributed by atoms with Crippen LogP contribution < -0.4 is 10.6 Å². The lowest BCUT2D eigenvalue weighted by Gasteiger charge is -2.31. The van der Waals surface area contributed by atoms with Gasteiger partial charge in [-0.1, -0.05) is 72.8 Å². The quantitative estimate of drug-likeness (QED) is 0.199.